The summed E-state index contributed by atoms with van der Waals surface area (Å²) in [6.07, 6.45) is 1.05. The van der Waals surface area contributed by atoms with Crippen LogP contribution < -0.4 is 0 Å². The smallest absolute Gasteiger partial charge is 0.161 e. The fraction of sp³-hybridized carbons (Fsp3) is 0.900. The van der Waals surface area contributed by atoms with Crippen molar-refractivity contribution in [3.63, 3.8) is 0 Å². The lowest BCUT2D eigenvalue weighted by atomic mass is 9.65. The van der Waals surface area contributed by atoms with Gasteiger partial charge in [0.25, 0.3) is 0 Å². The quantitative estimate of drug-likeness (QED) is 0.625. The lowest BCUT2D eigenvalue weighted by molar-refractivity contribution is -0.124. The first-order valence-electron chi connectivity index (χ1n) is 4.50. The van der Waals surface area contributed by atoms with Crippen molar-refractivity contribution >= 4 is 37.6 Å². The van der Waals surface area contributed by atoms with Gasteiger partial charge in [0.15, 0.2) is 5.78 Å². The van der Waals surface area contributed by atoms with E-state index in [0.717, 1.165) is 6.42 Å². The van der Waals surface area contributed by atoms with Gasteiger partial charge in [0.1, 0.15) is 0 Å². The topological polar surface area (TPSA) is 17.1 Å². The van der Waals surface area contributed by atoms with Crippen molar-refractivity contribution in [2.24, 2.45) is 10.8 Å². The molecule has 2 atom stereocenters. The van der Waals surface area contributed by atoms with Crippen LogP contribution >= 0.6 is 31.9 Å². The maximum absolute atomic E-state index is 11.9. The summed E-state index contributed by atoms with van der Waals surface area (Å²) >= 11 is 6.98. The normalized spacial score (nSPS) is 37.5. The maximum atomic E-state index is 11.9. The fourth-order valence-electron chi connectivity index (χ4n) is 2.25. The number of hydrogen-bond acceptors (Lipinski definition) is 1. The summed E-state index contributed by atoms with van der Waals surface area (Å²) in [5.74, 6) is 0.279. The maximum Gasteiger partial charge on any atom is 0.161 e. The third kappa shape index (κ3) is 2.01. The van der Waals surface area contributed by atoms with E-state index in [2.05, 4.69) is 59.6 Å². The van der Waals surface area contributed by atoms with Gasteiger partial charge in [0, 0.05) is 0 Å². The summed E-state index contributed by atoms with van der Waals surface area (Å²) in [4.78, 5) is 11.8. The average Bonchev–Trinajstić information content (AvgIpc) is 1.96. The molecule has 0 amide bonds. The Balaban J connectivity index is 3.00. The Bertz CT molecular complexity index is 211. The summed E-state index contributed by atoms with van der Waals surface area (Å²) in [5.41, 5.74) is 0.121. The van der Waals surface area contributed by atoms with Crippen LogP contribution in [0.25, 0.3) is 0 Å². The number of Topliss-reactive ketones (excluding diaryl/α,β-unsaturated/α-hetero) is 1. The van der Waals surface area contributed by atoms with Crippen LogP contribution in [0.2, 0.25) is 0 Å². The van der Waals surface area contributed by atoms with Crippen molar-refractivity contribution in [1.29, 1.82) is 0 Å². The predicted octanol–water partition coefficient (Wildman–Crippen LogP) is 3.54. The van der Waals surface area contributed by atoms with E-state index in [0.29, 0.717) is 0 Å². The van der Waals surface area contributed by atoms with Gasteiger partial charge in [-0.1, -0.05) is 59.6 Å². The molecule has 0 aromatic heterocycles. The minimum absolute atomic E-state index is 0.0163. The number of carbonyl (C=O) groups is 1. The first-order valence-corrected chi connectivity index (χ1v) is 6.33. The number of halogens is 2. The number of hydrogen-bond donors (Lipinski definition) is 0. The molecule has 0 N–H and O–H groups in total. The van der Waals surface area contributed by atoms with Crippen LogP contribution in [0, 0.1) is 10.8 Å². The fourth-order valence-corrected chi connectivity index (χ4v) is 3.46. The molecule has 1 saturated carbocycles. The van der Waals surface area contributed by atoms with Crippen molar-refractivity contribution in [2.45, 2.75) is 43.8 Å². The first-order chi connectivity index (χ1) is 5.68. The molecule has 1 rings (SSSR count). The zero-order chi connectivity index (χ0) is 10.4. The Hall–Kier alpha value is 0.630. The molecule has 1 nitrogen and oxygen atoms in total. The van der Waals surface area contributed by atoms with Crippen LogP contribution in [-0.2, 0) is 4.79 Å². The molecule has 0 heterocycles. The summed E-state index contributed by atoms with van der Waals surface area (Å²) < 4.78 is 0. The van der Waals surface area contributed by atoms with Crippen molar-refractivity contribution in [2.75, 3.05) is 0 Å². The van der Waals surface area contributed by atoms with Gasteiger partial charge in [-0.3, -0.25) is 4.79 Å². The largest absolute Gasteiger partial charge is 0.297 e. The molecule has 1 aliphatic rings. The van der Waals surface area contributed by atoms with Crippen molar-refractivity contribution < 1.29 is 4.79 Å². The van der Waals surface area contributed by atoms with Crippen LogP contribution in [0.5, 0.6) is 0 Å². The van der Waals surface area contributed by atoms with Gasteiger partial charge in [-0.15, -0.1) is 0 Å². The van der Waals surface area contributed by atoms with Crippen molar-refractivity contribution in [3.8, 4) is 0 Å². The molecule has 1 fully saturated rings. The van der Waals surface area contributed by atoms with Crippen LogP contribution in [0.3, 0.4) is 0 Å². The third-order valence-electron chi connectivity index (χ3n) is 2.78. The van der Waals surface area contributed by atoms with Crippen LogP contribution in [-0.4, -0.2) is 15.4 Å². The monoisotopic (exact) mass is 310 g/mol. The highest BCUT2D eigenvalue weighted by atomic mass is 79.9. The summed E-state index contributed by atoms with van der Waals surface area (Å²) in [7, 11) is 0. The third-order valence-corrected chi connectivity index (χ3v) is 6.16. The zero-order valence-corrected chi connectivity index (χ0v) is 11.7. The van der Waals surface area contributed by atoms with Crippen molar-refractivity contribution in [3.05, 3.63) is 0 Å². The van der Waals surface area contributed by atoms with E-state index in [1.165, 1.54) is 0 Å². The van der Waals surface area contributed by atoms with Gasteiger partial charge < -0.3 is 0 Å². The minimum Gasteiger partial charge on any atom is -0.297 e. The molecule has 13 heavy (non-hydrogen) atoms. The molecule has 0 spiro atoms. The van der Waals surface area contributed by atoms with Crippen molar-refractivity contribution in [1.82, 2.24) is 0 Å². The number of ketones is 1. The predicted molar refractivity (Wildman–Crippen MR) is 62.6 cm³/mol. The molecule has 76 valence electrons. The molecule has 0 saturated heterocycles. The van der Waals surface area contributed by atoms with Gasteiger partial charge >= 0.3 is 0 Å². The Morgan fingerprint density at radius 1 is 1.08 bits per heavy atom. The number of alkyl halides is 2. The van der Waals surface area contributed by atoms with E-state index in [9.17, 15) is 4.79 Å². The van der Waals surface area contributed by atoms with Crippen LogP contribution in [0.1, 0.15) is 34.1 Å². The molecule has 0 bridgehead atoms. The van der Waals surface area contributed by atoms with E-state index in [-0.39, 0.29) is 26.3 Å². The number of rotatable bonds is 0. The highest BCUT2D eigenvalue weighted by molar-refractivity contribution is 9.10. The Kier molecular flexibility index (Phi) is 3.00. The highest BCUT2D eigenvalue weighted by Crippen LogP contribution is 2.49. The van der Waals surface area contributed by atoms with Crippen LogP contribution in [0.4, 0.5) is 0 Å². The molecular formula is C10H16Br2O. The molecule has 2 unspecified atom stereocenters. The van der Waals surface area contributed by atoms with Gasteiger partial charge in [0.2, 0.25) is 0 Å². The summed E-state index contributed by atoms with van der Waals surface area (Å²) in [5, 5.41) is 0. The van der Waals surface area contributed by atoms with Gasteiger partial charge in [-0.05, 0) is 17.3 Å². The first kappa shape index (κ1) is 11.7. The zero-order valence-electron chi connectivity index (χ0n) is 8.53. The second-order valence-electron chi connectivity index (χ2n) is 5.28. The Morgan fingerprint density at radius 3 is 1.69 bits per heavy atom. The number of carbonyl (C=O) groups excluding carboxylic acids is 1. The lowest BCUT2D eigenvalue weighted by Gasteiger charge is -2.46. The molecule has 0 aromatic carbocycles. The molecule has 3 heteroatoms. The second kappa shape index (κ2) is 3.34. The molecular weight excluding hydrogens is 296 g/mol. The second-order valence-corrected chi connectivity index (χ2v) is 7.11. The standard InChI is InChI=1S/C10H16Br2O/c1-9(2)5-10(3,4)8(12)6(13)7(9)11/h7-8H,5H2,1-4H3. The van der Waals surface area contributed by atoms with E-state index >= 15 is 0 Å². The van der Waals surface area contributed by atoms with E-state index in [1.807, 2.05) is 0 Å². The molecule has 0 aromatic rings. The van der Waals surface area contributed by atoms with Crippen LogP contribution in [0.15, 0.2) is 0 Å². The molecule has 0 aliphatic heterocycles. The van der Waals surface area contributed by atoms with E-state index in [4.69, 9.17) is 0 Å². The van der Waals surface area contributed by atoms with E-state index in [1.54, 1.807) is 0 Å². The van der Waals surface area contributed by atoms with Gasteiger partial charge in [-0.2, -0.15) is 0 Å². The SMILES string of the molecule is CC1(C)CC(C)(C)C(Br)C(=O)C1Br. The summed E-state index contributed by atoms with van der Waals surface area (Å²) in [6, 6.07) is 0. The average molecular weight is 312 g/mol. The molecule has 1 aliphatic carbocycles. The van der Waals surface area contributed by atoms with Gasteiger partial charge in [-0.25, -0.2) is 0 Å². The molecule has 0 radical (unpaired) electrons. The minimum atomic E-state index is -0.0163. The van der Waals surface area contributed by atoms with Gasteiger partial charge in [0.05, 0.1) is 9.65 Å². The van der Waals surface area contributed by atoms with E-state index < -0.39 is 0 Å². The Morgan fingerprint density at radius 2 is 1.38 bits per heavy atom. The summed E-state index contributed by atoms with van der Waals surface area (Å²) in [6.45, 7) is 8.58. The Labute approximate surface area is 96.9 Å². The highest BCUT2D eigenvalue weighted by Gasteiger charge is 2.49. The lowest BCUT2D eigenvalue weighted by Crippen LogP contribution is -2.50.